The van der Waals surface area contributed by atoms with E-state index >= 15 is 0 Å². The molecular formula is C18H25N3. The Balaban J connectivity index is 2.01. The van der Waals surface area contributed by atoms with Gasteiger partial charge in [0.25, 0.3) is 0 Å². The summed E-state index contributed by atoms with van der Waals surface area (Å²) in [5, 5.41) is 5.95. The molecule has 0 radical (unpaired) electrons. The van der Waals surface area contributed by atoms with Crippen LogP contribution in [-0.2, 0) is 6.54 Å². The second-order valence-corrected chi connectivity index (χ2v) is 5.99. The summed E-state index contributed by atoms with van der Waals surface area (Å²) < 4.78 is 0. The number of hydrogen-bond acceptors (Lipinski definition) is 3. The molecule has 0 bridgehead atoms. The molecule has 0 unspecified atom stereocenters. The maximum Gasteiger partial charge on any atom is 0.136 e. The zero-order valence-corrected chi connectivity index (χ0v) is 13.1. The molecule has 3 nitrogen and oxygen atoms in total. The normalized spacial score (nSPS) is 15.7. The topological polar surface area (TPSA) is 28.2 Å². The van der Waals surface area contributed by atoms with Crippen molar-refractivity contribution in [3.05, 3.63) is 36.0 Å². The third kappa shape index (κ3) is 3.03. The molecule has 1 heterocycles. The van der Waals surface area contributed by atoms with Gasteiger partial charge in [-0.1, -0.05) is 44.0 Å². The van der Waals surface area contributed by atoms with Crippen LogP contribution in [0.4, 0.5) is 5.82 Å². The lowest BCUT2D eigenvalue weighted by atomic mass is 10.1. The number of nitrogens with one attached hydrogen (secondary N) is 1. The van der Waals surface area contributed by atoms with Crippen LogP contribution in [0.15, 0.2) is 30.3 Å². The minimum atomic E-state index is 0.648. The van der Waals surface area contributed by atoms with Gasteiger partial charge in [0.1, 0.15) is 5.82 Å². The molecule has 0 spiro atoms. The Hall–Kier alpha value is -1.61. The average Bonchev–Trinajstić information content (AvgIpc) is 3.05. The maximum atomic E-state index is 4.95. The minimum Gasteiger partial charge on any atom is -0.356 e. The number of benzene rings is 1. The van der Waals surface area contributed by atoms with Crippen molar-refractivity contribution in [2.75, 3.05) is 18.5 Å². The largest absolute Gasteiger partial charge is 0.356 e. The van der Waals surface area contributed by atoms with Gasteiger partial charge in [-0.05, 0) is 30.8 Å². The Bertz CT molecular complexity index is 602. The molecule has 1 aromatic heterocycles. The van der Waals surface area contributed by atoms with E-state index in [4.69, 9.17) is 4.98 Å². The zero-order valence-electron chi connectivity index (χ0n) is 13.1. The number of hydrogen-bond donors (Lipinski definition) is 1. The Morgan fingerprint density at radius 2 is 2.00 bits per heavy atom. The summed E-state index contributed by atoms with van der Waals surface area (Å²) in [5.41, 5.74) is 1.13. The Morgan fingerprint density at radius 1 is 1.24 bits per heavy atom. The second-order valence-electron chi connectivity index (χ2n) is 5.99. The van der Waals surface area contributed by atoms with E-state index in [0.717, 1.165) is 24.6 Å². The van der Waals surface area contributed by atoms with E-state index in [1.165, 1.54) is 36.5 Å². The highest BCUT2D eigenvalue weighted by molar-refractivity contribution is 5.92. The summed E-state index contributed by atoms with van der Waals surface area (Å²) in [7, 11) is 2.21. The fourth-order valence-electron chi connectivity index (χ4n) is 3.31. The first-order valence-electron chi connectivity index (χ1n) is 8.12. The summed E-state index contributed by atoms with van der Waals surface area (Å²) in [6.07, 6.45) is 5.29. The van der Waals surface area contributed by atoms with Crippen LogP contribution >= 0.6 is 0 Å². The second kappa shape index (κ2) is 6.44. The van der Waals surface area contributed by atoms with Crippen LogP contribution in [0.3, 0.4) is 0 Å². The predicted octanol–water partition coefficient (Wildman–Crippen LogP) is 3.72. The van der Waals surface area contributed by atoms with E-state index in [0.29, 0.717) is 6.04 Å². The van der Waals surface area contributed by atoms with Crippen molar-refractivity contribution in [3.63, 3.8) is 0 Å². The van der Waals surface area contributed by atoms with Gasteiger partial charge in [0.05, 0.1) is 5.69 Å². The molecule has 0 aliphatic heterocycles. The quantitative estimate of drug-likeness (QED) is 0.906. The van der Waals surface area contributed by atoms with Gasteiger partial charge in [-0.2, -0.15) is 0 Å². The van der Waals surface area contributed by atoms with Gasteiger partial charge < -0.3 is 10.2 Å². The van der Waals surface area contributed by atoms with E-state index in [1.54, 1.807) is 0 Å². The molecule has 1 aliphatic rings. The molecule has 1 saturated carbocycles. The van der Waals surface area contributed by atoms with Crippen LogP contribution in [0.2, 0.25) is 0 Å². The van der Waals surface area contributed by atoms with E-state index in [1.807, 2.05) is 0 Å². The van der Waals surface area contributed by atoms with Crippen molar-refractivity contribution in [1.82, 2.24) is 10.3 Å². The van der Waals surface area contributed by atoms with Crippen LogP contribution < -0.4 is 10.2 Å². The first-order valence-corrected chi connectivity index (χ1v) is 8.12. The molecule has 112 valence electrons. The third-order valence-electron chi connectivity index (χ3n) is 4.54. The van der Waals surface area contributed by atoms with Gasteiger partial charge in [0.2, 0.25) is 0 Å². The molecule has 0 amide bonds. The lowest BCUT2D eigenvalue weighted by molar-refractivity contribution is 0.644. The molecule has 0 atom stereocenters. The zero-order chi connectivity index (χ0) is 14.7. The summed E-state index contributed by atoms with van der Waals surface area (Å²) in [4.78, 5) is 7.35. The van der Waals surface area contributed by atoms with Crippen molar-refractivity contribution in [2.45, 2.75) is 45.2 Å². The van der Waals surface area contributed by atoms with Gasteiger partial charge in [-0.15, -0.1) is 0 Å². The highest BCUT2D eigenvalue weighted by Gasteiger charge is 2.22. The SMILES string of the molecule is CCNCc1cc2ccccc2c(N(C)C2CCCC2)n1. The van der Waals surface area contributed by atoms with E-state index < -0.39 is 0 Å². The standard InChI is InChI=1S/C18H25N3/c1-3-19-13-15-12-14-8-4-7-11-17(14)18(20-15)21(2)16-9-5-6-10-16/h4,7-8,11-12,16,19H,3,5-6,9-10,13H2,1-2H3. The molecule has 1 fully saturated rings. The Labute approximate surface area is 127 Å². The lowest BCUT2D eigenvalue weighted by Crippen LogP contribution is -2.30. The van der Waals surface area contributed by atoms with Gasteiger partial charge in [-0.3, -0.25) is 0 Å². The number of aromatic nitrogens is 1. The van der Waals surface area contributed by atoms with Gasteiger partial charge in [-0.25, -0.2) is 4.98 Å². The number of pyridine rings is 1. The van der Waals surface area contributed by atoms with E-state index in [-0.39, 0.29) is 0 Å². The van der Waals surface area contributed by atoms with Crippen LogP contribution in [0.1, 0.15) is 38.3 Å². The van der Waals surface area contributed by atoms with Crippen LogP contribution in [0, 0.1) is 0 Å². The van der Waals surface area contributed by atoms with Gasteiger partial charge in [0, 0.05) is 25.0 Å². The maximum absolute atomic E-state index is 4.95. The third-order valence-corrected chi connectivity index (χ3v) is 4.54. The molecule has 3 heteroatoms. The van der Waals surface area contributed by atoms with Gasteiger partial charge in [0.15, 0.2) is 0 Å². The molecule has 21 heavy (non-hydrogen) atoms. The predicted molar refractivity (Wildman–Crippen MR) is 89.8 cm³/mol. The van der Waals surface area contributed by atoms with Crippen molar-refractivity contribution in [2.24, 2.45) is 0 Å². The highest BCUT2D eigenvalue weighted by Crippen LogP contribution is 2.31. The van der Waals surface area contributed by atoms with Crippen molar-refractivity contribution in [3.8, 4) is 0 Å². The average molecular weight is 283 g/mol. The van der Waals surface area contributed by atoms with E-state index in [2.05, 4.69) is 54.5 Å². The summed E-state index contributed by atoms with van der Waals surface area (Å²) in [6.45, 7) is 3.95. The Morgan fingerprint density at radius 3 is 2.76 bits per heavy atom. The van der Waals surface area contributed by atoms with Crippen molar-refractivity contribution >= 4 is 16.6 Å². The minimum absolute atomic E-state index is 0.648. The van der Waals surface area contributed by atoms with Crippen molar-refractivity contribution < 1.29 is 0 Å². The van der Waals surface area contributed by atoms with Crippen molar-refractivity contribution in [1.29, 1.82) is 0 Å². The monoisotopic (exact) mass is 283 g/mol. The van der Waals surface area contributed by atoms with Crippen LogP contribution in [0.25, 0.3) is 10.8 Å². The first kappa shape index (κ1) is 14.3. The smallest absolute Gasteiger partial charge is 0.136 e. The molecule has 1 N–H and O–H groups in total. The lowest BCUT2D eigenvalue weighted by Gasteiger charge is -2.27. The molecular weight excluding hydrogens is 258 g/mol. The number of fused-ring (bicyclic) bond motifs is 1. The first-order chi connectivity index (χ1) is 10.3. The molecule has 0 saturated heterocycles. The highest BCUT2D eigenvalue weighted by atomic mass is 15.2. The van der Waals surface area contributed by atoms with Gasteiger partial charge >= 0.3 is 0 Å². The fraction of sp³-hybridized carbons (Fsp3) is 0.500. The van der Waals surface area contributed by atoms with Crippen LogP contribution in [0.5, 0.6) is 0 Å². The summed E-state index contributed by atoms with van der Waals surface area (Å²) in [5.74, 6) is 1.15. The molecule has 1 aromatic carbocycles. The molecule has 3 rings (SSSR count). The fourth-order valence-corrected chi connectivity index (χ4v) is 3.31. The summed E-state index contributed by atoms with van der Waals surface area (Å²) >= 11 is 0. The Kier molecular flexibility index (Phi) is 4.39. The number of anilines is 1. The van der Waals surface area contributed by atoms with E-state index in [9.17, 15) is 0 Å². The number of nitrogens with zero attached hydrogens (tertiary/aromatic N) is 2. The molecule has 1 aliphatic carbocycles. The van der Waals surface area contributed by atoms with Crippen LogP contribution in [-0.4, -0.2) is 24.6 Å². The summed E-state index contributed by atoms with van der Waals surface area (Å²) in [6, 6.07) is 11.5. The number of rotatable bonds is 5. The molecule has 2 aromatic rings.